The number of halogens is 1. The molecule has 1 aromatic rings. The van der Waals surface area contributed by atoms with Crippen LogP contribution in [0.5, 0.6) is 0 Å². The molecule has 0 saturated carbocycles. The lowest BCUT2D eigenvalue weighted by molar-refractivity contribution is -0.131. The third-order valence-electron chi connectivity index (χ3n) is 3.77. The molecule has 1 amide bonds. The number of amides is 1. The normalized spacial score (nSPS) is 27.4. The SMILES string of the molecule is O=C1C2CCCNC2CN1Cc1cncc(F)c1. The second-order valence-corrected chi connectivity index (χ2v) is 5.04. The molecule has 1 N–H and O–H groups in total. The molecule has 0 radical (unpaired) electrons. The molecule has 2 saturated heterocycles. The largest absolute Gasteiger partial charge is 0.336 e. The van der Waals surface area contributed by atoms with Crippen LogP contribution in [0.4, 0.5) is 4.39 Å². The van der Waals surface area contributed by atoms with Crippen molar-refractivity contribution in [1.82, 2.24) is 15.2 Å². The first-order valence-electron chi connectivity index (χ1n) is 6.35. The van der Waals surface area contributed by atoms with E-state index >= 15 is 0 Å². The number of carbonyl (C=O) groups excluding carboxylic acids is 1. The molecule has 5 heteroatoms. The van der Waals surface area contributed by atoms with Crippen LogP contribution in [0.2, 0.25) is 0 Å². The molecule has 2 fully saturated rings. The fraction of sp³-hybridized carbons (Fsp3) is 0.538. The summed E-state index contributed by atoms with van der Waals surface area (Å²) in [5.41, 5.74) is 0.752. The van der Waals surface area contributed by atoms with Crippen LogP contribution in [-0.2, 0) is 11.3 Å². The monoisotopic (exact) mass is 249 g/mol. The Morgan fingerprint density at radius 3 is 3.17 bits per heavy atom. The number of aromatic nitrogens is 1. The molecule has 3 heterocycles. The van der Waals surface area contributed by atoms with Gasteiger partial charge in [0.2, 0.25) is 5.91 Å². The third-order valence-corrected chi connectivity index (χ3v) is 3.77. The molecule has 3 rings (SSSR count). The molecule has 0 spiro atoms. The van der Waals surface area contributed by atoms with E-state index in [0.717, 1.165) is 31.5 Å². The summed E-state index contributed by atoms with van der Waals surface area (Å²) in [5, 5.41) is 3.39. The Kier molecular flexibility index (Phi) is 2.99. The summed E-state index contributed by atoms with van der Waals surface area (Å²) in [6.07, 6.45) is 4.82. The van der Waals surface area contributed by atoms with Gasteiger partial charge in [0.1, 0.15) is 5.82 Å². The van der Waals surface area contributed by atoms with Gasteiger partial charge in [-0.05, 0) is 31.0 Å². The molecule has 2 atom stereocenters. The quantitative estimate of drug-likeness (QED) is 0.848. The Balaban J connectivity index is 1.72. The van der Waals surface area contributed by atoms with E-state index in [1.807, 2.05) is 4.90 Å². The van der Waals surface area contributed by atoms with Crippen LogP contribution < -0.4 is 5.32 Å². The molecule has 4 nitrogen and oxygen atoms in total. The number of hydrogen-bond donors (Lipinski definition) is 1. The highest BCUT2D eigenvalue weighted by molar-refractivity contribution is 5.82. The summed E-state index contributed by atoms with van der Waals surface area (Å²) in [5.74, 6) is -0.0496. The molecular weight excluding hydrogens is 233 g/mol. The van der Waals surface area contributed by atoms with Crippen molar-refractivity contribution in [2.45, 2.75) is 25.4 Å². The number of piperidine rings is 1. The molecular formula is C13H16FN3O. The molecule has 2 aliphatic rings. The van der Waals surface area contributed by atoms with Crippen molar-refractivity contribution in [2.75, 3.05) is 13.1 Å². The van der Waals surface area contributed by atoms with Gasteiger partial charge in [-0.1, -0.05) is 0 Å². The number of fused-ring (bicyclic) bond motifs is 1. The number of carbonyl (C=O) groups is 1. The second-order valence-electron chi connectivity index (χ2n) is 5.04. The summed E-state index contributed by atoms with van der Waals surface area (Å²) in [6.45, 7) is 2.17. The Morgan fingerprint density at radius 1 is 1.50 bits per heavy atom. The fourth-order valence-electron chi connectivity index (χ4n) is 2.91. The number of hydrogen-bond acceptors (Lipinski definition) is 3. The van der Waals surface area contributed by atoms with Crippen LogP contribution in [0.1, 0.15) is 18.4 Å². The highest BCUT2D eigenvalue weighted by Gasteiger charge is 2.41. The zero-order valence-electron chi connectivity index (χ0n) is 10.1. The van der Waals surface area contributed by atoms with Crippen molar-refractivity contribution in [3.05, 3.63) is 29.8 Å². The fourth-order valence-corrected chi connectivity index (χ4v) is 2.91. The van der Waals surface area contributed by atoms with Gasteiger partial charge in [0.05, 0.1) is 12.1 Å². The summed E-state index contributed by atoms with van der Waals surface area (Å²) in [4.78, 5) is 17.8. The van der Waals surface area contributed by atoms with Gasteiger partial charge in [0, 0.05) is 25.3 Å². The average Bonchev–Trinajstić information content (AvgIpc) is 2.67. The summed E-state index contributed by atoms with van der Waals surface area (Å²) in [7, 11) is 0. The maximum absolute atomic E-state index is 13.1. The predicted molar refractivity (Wildman–Crippen MR) is 64.1 cm³/mol. The summed E-state index contributed by atoms with van der Waals surface area (Å²) in [6, 6.07) is 1.71. The van der Waals surface area contributed by atoms with Crippen LogP contribution in [0, 0.1) is 11.7 Å². The van der Waals surface area contributed by atoms with Crippen LogP contribution in [0.15, 0.2) is 18.5 Å². The van der Waals surface area contributed by atoms with E-state index in [1.165, 1.54) is 12.3 Å². The Hall–Kier alpha value is -1.49. The number of nitrogens with one attached hydrogen (secondary N) is 1. The predicted octanol–water partition coefficient (Wildman–Crippen LogP) is 0.931. The van der Waals surface area contributed by atoms with Gasteiger partial charge in [-0.15, -0.1) is 0 Å². The smallest absolute Gasteiger partial charge is 0.227 e. The lowest BCUT2D eigenvalue weighted by Gasteiger charge is -2.23. The molecule has 0 aromatic carbocycles. The van der Waals surface area contributed by atoms with Gasteiger partial charge in [-0.2, -0.15) is 0 Å². The number of nitrogens with zero attached hydrogens (tertiary/aromatic N) is 2. The number of pyridine rings is 1. The van der Waals surface area contributed by atoms with E-state index in [9.17, 15) is 9.18 Å². The van der Waals surface area contributed by atoms with E-state index in [-0.39, 0.29) is 23.7 Å². The number of likely N-dealkylation sites (tertiary alicyclic amines) is 1. The van der Waals surface area contributed by atoms with Crippen molar-refractivity contribution in [2.24, 2.45) is 5.92 Å². The van der Waals surface area contributed by atoms with E-state index in [0.29, 0.717) is 6.54 Å². The second kappa shape index (κ2) is 4.65. The topological polar surface area (TPSA) is 45.2 Å². The van der Waals surface area contributed by atoms with Crippen molar-refractivity contribution in [3.63, 3.8) is 0 Å². The van der Waals surface area contributed by atoms with Gasteiger partial charge in [-0.3, -0.25) is 9.78 Å². The van der Waals surface area contributed by atoms with Crippen LogP contribution in [-0.4, -0.2) is 34.9 Å². The minimum absolute atomic E-state index is 0.111. The standard InChI is InChI=1S/C13H16FN3O/c14-10-4-9(5-15-6-10)7-17-8-12-11(13(17)18)2-1-3-16-12/h4-6,11-12,16H,1-3,7-8H2. The lowest BCUT2D eigenvalue weighted by Crippen LogP contribution is -2.41. The van der Waals surface area contributed by atoms with Crippen molar-refractivity contribution in [1.29, 1.82) is 0 Å². The molecule has 0 aliphatic carbocycles. The third kappa shape index (κ3) is 2.10. The maximum Gasteiger partial charge on any atom is 0.227 e. The van der Waals surface area contributed by atoms with Gasteiger partial charge in [-0.25, -0.2) is 4.39 Å². The molecule has 96 valence electrons. The Labute approximate surface area is 105 Å². The summed E-state index contributed by atoms with van der Waals surface area (Å²) >= 11 is 0. The van der Waals surface area contributed by atoms with E-state index in [2.05, 4.69) is 10.3 Å². The molecule has 0 bridgehead atoms. The van der Waals surface area contributed by atoms with Crippen LogP contribution >= 0.6 is 0 Å². The minimum atomic E-state index is -0.352. The Morgan fingerprint density at radius 2 is 2.39 bits per heavy atom. The highest BCUT2D eigenvalue weighted by Crippen LogP contribution is 2.27. The Bertz CT molecular complexity index is 465. The first-order valence-corrected chi connectivity index (χ1v) is 6.35. The molecule has 18 heavy (non-hydrogen) atoms. The zero-order chi connectivity index (χ0) is 12.5. The van der Waals surface area contributed by atoms with Gasteiger partial charge in [0.25, 0.3) is 0 Å². The molecule has 2 aliphatic heterocycles. The van der Waals surface area contributed by atoms with Gasteiger partial charge in [0.15, 0.2) is 0 Å². The van der Waals surface area contributed by atoms with E-state index < -0.39 is 0 Å². The van der Waals surface area contributed by atoms with Gasteiger partial charge < -0.3 is 10.2 Å². The minimum Gasteiger partial charge on any atom is -0.336 e. The zero-order valence-corrected chi connectivity index (χ0v) is 10.1. The van der Waals surface area contributed by atoms with Crippen molar-refractivity contribution < 1.29 is 9.18 Å². The first-order chi connectivity index (χ1) is 8.74. The molecule has 1 aromatic heterocycles. The first kappa shape index (κ1) is 11.6. The van der Waals surface area contributed by atoms with Crippen LogP contribution in [0.3, 0.4) is 0 Å². The summed E-state index contributed by atoms with van der Waals surface area (Å²) < 4.78 is 13.1. The van der Waals surface area contributed by atoms with E-state index in [4.69, 9.17) is 0 Å². The van der Waals surface area contributed by atoms with E-state index in [1.54, 1.807) is 6.20 Å². The van der Waals surface area contributed by atoms with Gasteiger partial charge >= 0.3 is 0 Å². The average molecular weight is 249 g/mol. The number of rotatable bonds is 2. The molecule has 2 unspecified atom stereocenters. The van der Waals surface area contributed by atoms with Crippen molar-refractivity contribution >= 4 is 5.91 Å². The lowest BCUT2D eigenvalue weighted by atomic mass is 9.94. The van der Waals surface area contributed by atoms with Crippen LogP contribution in [0.25, 0.3) is 0 Å². The van der Waals surface area contributed by atoms with Crippen molar-refractivity contribution in [3.8, 4) is 0 Å². The maximum atomic E-state index is 13.1. The highest BCUT2D eigenvalue weighted by atomic mass is 19.1.